The maximum atomic E-state index is 13.1. The molecule has 1 fully saturated rings. The normalized spacial score (nSPS) is 16.3. The van der Waals surface area contributed by atoms with E-state index in [1.54, 1.807) is 11.3 Å². The van der Waals surface area contributed by atoms with Crippen LogP contribution < -0.4 is 0 Å². The van der Waals surface area contributed by atoms with E-state index in [2.05, 4.69) is 35.2 Å². The number of rotatable bonds is 5. The zero-order valence-corrected chi connectivity index (χ0v) is 18.1. The van der Waals surface area contributed by atoms with E-state index in [0.717, 1.165) is 43.9 Å². The molecule has 0 spiro atoms. The van der Waals surface area contributed by atoms with Crippen molar-refractivity contribution in [1.29, 1.82) is 0 Å². The fourth-order valence-electron chi connectivity index (χ4n) is 4.31. The lowest BCUT2D eigenvalue weighted by atomic mass is 9.91. The van der Waals surface area contributed by atoms with Gasteiger partial charge >= 0.3 is 0 Å². The van der Waals surface area contributed by atoms with Crippen molar-refractivity contribution in [2.75, 3.05) is 45.8 Å². The van der Waals surface area contributed by atoms with Gasteiger partial charge in [-0.25, -0.2) is 0 Å². The third kappa shape index (κ3) is 4.09. The third-order valence-electron chi connectivity index (χ3n) is 6.08. The summed E-state index contributed by atoms with van der Waals surface area (Å²) >= 11 is 1.64. The van der Waals surface area contributed by atoms with Crippen LogP contribution in [0.1, 0.15) is 34.6 Å². The Balaban J connectivity index is 1.39. The van der Waals surface area contributed by atoms with Crippen molar-refractivity contribution in [3.05, 3.63) is 46.3 Å². The first-order valence-corrected chi connectivity index (χ1v) is 11.4. The summed E-state index contributed by atoms with van der Waals surface area (Å²) in [6.07, 6.45) is 2.06. The highest BCUT2D eigenvalue weighted by atomic mass is 32.1. The first-order chi connectivity index (χ1) is 14.1. The van der Waals surface area contributed by atoms with E-state index >= 15 is 0 Å². The maximum Gasteiger partial charge on any atom is 0.264 e. The van der Waals surface area contributed by atoms with Crippen molar-refractivity contribution >= 4 is 23.2 Å². The van der Waals surface area contributed by atoms with Gasteiger partial charge in [-0.2, -0.15) is 0 Å². The van der Waals surface area contributed by atoms with Crippen LogP contribution in [-0.2, 0) is 17.6 Å². The Labute approximate surface area is 176 Å². The molecule has 1 saturated heterocycles. The summed E-state index contributed by atoms with van der Waals surface area (Å²) in [5.41, 5.74) is 3.98. The van der Waals surface area contributed by atoms with Crippen LogP contribution >= 0.6 is 11.3 Å². The molecule has 1 aliphatic carbocycles. The summed E-state index contributed by atoms with van der Waals surface area (Å²) in [6.45, 7) is 8.86. The lowest BCUT2D eigenvalue weighted by Gasteiger charge is -2.35. The van der Waals surface area contributed by atoms with Gasteiger partial charge in [0.2, 0.25) is 5.91 Å². The van der Waals surface area contributed by atoms with Crippen molar-refractivity contribution in [3.8, 4) is 10.4 Å². The molecular formula is C23H29N3O2S. The molecule has 154 valence electrons. The van der Waals surface area contributed by atoms with E-state index in [0.29, 0.717) is 19.6 Å². The smallest absolute Gasteiger partial charge is 0.264 e. The topological polar surface area (TPSA) is 43.9 Å². The molecule has 0 saturated carbocycles. The first-order valence-electron chi connectivity index (χ1n) is 10.6. The molecule has 5 nitrogen and oxygen atoms in total. The highest BCUT2D eigenvalue weighted by molar-refractivity contribution is 7.17. The lowest BCUT2D eigenvalue weighted by molar-refractivity contribution is -0.132. The molecule has 1 aromatic heterocycles. The average molecular weight is 412 g/mol. The number of nitrogens with zero attached hydrogens (tertiary/aromatic N) is 3. The molecule has 6 heteroatoms. The average Bonchev–Trinajstić information content (AvgIpc) is 3.19. The Kier molecular flexibility index (Phi) is 6.01. The quantitative estimate of drug-likeness (QED) is 0.759. The van der Waals surface area contributed by atoms with Crippen molar-refractivity contribution in [3.63, 3.8) is 0 Å². The Bertz CT molecular complexity index is 895. The summed E-state index contributed by atoms with van der Waals surface area (Å²) in [7, 11) is 0. The summed E-state index contributed by atoms with van der Waals surface area (Å²) in [5, 5.41) is 0. The molecule has 0 unspecified atom stereocenters. The zero-order valence-electron chi connectivity index (χ0n) is 17.3. The van der Waals surface area contributed by atoms with Crippen LogP contribution in [0, 0.1) is 0 Å². The van der Waals surface area contributed by atoms with Crippen LogP contribution in [-0.4, -0.2) is 72.3 Å². The fraction of sp³-hybridized carbons (Fsp3) is 0.478. The van der Waals surface area contributed by atoms with E-state index in [1.807, 2.05) is 23.6 Å². The molecule has 0 radical (unpaired) electrons. The predicted molar refractivity (Wildman–Crippen MR) is 117 cm³/mol. The van der Waals surface area contributed by atoms with E-state index in [-0.39, 0.29) is 11.8 Å². The second-order valence-electron chi connectivity index (χ2n) is 7.76. The highest BCUT2D eigenvalue weighted by Gasteiger charge is 2.27. The van der Waals surface area contributed by atoms with Gasteiger partial charge in [-0.3, -0.25) is 14.5 Å². The lowest BCUT2D eigenvalue weighted by Crippen LogP contribution is -2.51. The number of carbonyl (C=O) groups excluding carboxylic acids is 2. The molecule has 2 aromatic rings. The van der Waals surface area contributed by atoms with Gasteiger partial charge in [-0.15, -0.1) is 11.3 Å². The number of hydrogen-bond donors (Lipinski definition) is 0. The van der Waals surface area contributed by atoms with Crippen LogP contribution in [0.15, 0.2) is 30.3 Å². The largest absolute Gasteiger partial charge is 0.342 e. The molecule has 0 bridgehead atoms. The fourth-order valence-corrected chi connectivity index (χ4v) is 5.55. The third-order valence-corrected chi connectivity index (χ3v) is 7.28. The number of likely N-dealkylation sites (N-methyl/N-ethyl adjacent to an activating group) is 1. The van der Waals surface area contributed by atoms with Crippen LogP contribution in [0.2, 0.25) is 0 Å². The Morgan fingerprint density at radius 1 is 1.00 bits per heavy atom. The van der Waals surface area contributed by atoms with Crippen LogP contribution in [0.3, 0.4) is 0 Å². The molecule has 1 aromatic carbocycles. The standard InChI is InChI=1S/C23H29N3O2S/c1-3-25(4-2)21(27)16-24-11-13-26(14-12-24)23(28)20-15-18-10-9-17-7-5-6-8-19(17)22(18)29-20/h5-8,15H,3-4,9-14,16H2,1-2H3. The minimum atomic E-state index is 0.136. The second-order valence-corrected chi connectivity index (χ2v) is 8.81. The van der Waals surface area contributed by atoms with Gasteiger partial charge in [0.1, 0.15) is 0 Å². The molecule has 2 heterocycles. The van der Waals surface area contributed by atoms with Crippen molar-refractivity contribution in [2.45, 2.75) is 26.7 Å². The SMILES string of the molecule is CCN(CC)C(=O)CN1CCN(C(=O)c2cc3c(s2)-c2ccccc2CC3)CC1. The highest BCUT2D eigenvalue weighted by Crippen LogP contribution is 2.39. The number of fused-ring (bicyclic) bond motifs is 3. The molecule has 4 rings (SSSR count). The van der Waals surface area contributed by atoms with E-state index in [1.165, 1.54) is 21.6 Å². The van der Waals surface area contributed by atoms with Gasteiger partial charge in [0, 0.05) is 44.1 Å². The monoisotopic (exact) mass is 411 g/mol. The molecule has 0 N–H and O–H groups in total. The summed E-state index contributed by atoms with van der Waals surface area (Å²) in [5.74, 6) is 0.316. The van der Waals surface area contributed by atoms with Gasteiger partial charge in [-0.05, 0) is 49.4 Å². The van der Waals surface area contributed by atoms with E-state index < -0.39 is 0 Å². The van der Waals surface area contributed by atoms with Crippen LogP contribution in [0.4, 0.5) is 0 Å². The van der Waals surface area contributed by atoms with Crippen molar-refractivity contribution < 1.29 is 9.59 Å². The second kappa shape index (κ2) is 8.67. The maximum absolute atomic E-state index is 13.1. The minimum absolute atomic E-state index is 0.136. The van der Waals surface area contributed by atoms with E-state index in [4.69, 9.17) is 0 Å². The van der Waals surface area contributed by atoms with Crippen LogP contribution in [0.25, 0.3) is 10.4 Å². The number of amides is 2. The van der Waals surface area contributed by atoms with Gasteiger partial charge in [0.25, 0.3) is 5.91 Å². The molecule has 29 heavy (non-hydrogen) atoms. The summed E-state index contributed by atoms with van der Waals surface area (Å²) < 4.78 is 0. The molecule has 0 atom stereocenters. The molecule has 2 aliphatic rings. The van der Waals surface area contributed by atoms with Gasteiger partial charge < -0.3 is 9.80 Å². The number of carbonyl (C=O) groups is 2. The molecule has 1 aliphatic heterocycles. The Morgan fingerprint density at radius 2 is 1.69 bits per heavy atom. The number of aryl methyl sites for hydroxylation is 2. The predicted octanol–water partition coefficient (Wildman–Crippen LogP) is 3.14. The number of hydrogen-bond acceptors (Lipinski definition) is 4. The number of thiophene rings is 1. The molecular weight excluding hydrogens is 382 g/mol. The molecule has 2 amide bonds. The van der Waals surface area contributed by atoms with Crippen LogP contribution in [0.5, 0.6) is 0 Å². The number of piperazine rings is 1. The van der Waals surface area contributed by atoms with Crippen molar-refractivity contribution in [2.24, 2.45) is 0 Å². The summed E-state index contributed by atoms with van der Waals surface area (Å²) in [6, 6.07) is 10.6. The van der Waals surface area contributed by atoms with Crippen molar-refractivity contribution in [1.82, 2.24) is 14.7 Å². The Hall–Kier alpha value is -2.18. The minimum Gasteiger partial charge on any atom is -0.342 e. The Morgan fingerprint density at radius 3 is 2.41 bits per heavy atom. The first kappa shape index (κ1) is 20.1. The summed E-state index contributed by atoms with van der Waals surface area (Å²) in [4.78, 5) is 33.5. The zero-order chi connectivity index (χ0) is 20.4. The van der Waals surface area contributed by atoms with Gasteiger partial charge in [0.15, 0.2) is 0 Å². The van der Waals surface area contributed by atoms with Gasteiger partial charge in [0.05, 0.1) is 11.4 Å². The van der Waals surface area contributed by atoms with E-state index in [9.17, 15) is 9.59 Å². The number of benzene rings is 1. The van der Waals surface area contributed by atoms with Gasteiger partial charge in [-0.1, -0.05) is 24.3 Å².